The van der Waals surface area contributed by atoms with Crippen molar-refractivity contribution in [2.45, 2.75) is 6.92 Å². The maximum absolute atomic E-state index is 12.4. The Morgan fingerprint density at radius 1 is 1.12 bits per heavy atom. The topological polar surface area (TPSA) is 79.2 Å². The van der Waals surface area contributed by atoms with Crippen molar-refractivity contribution in [3.05, 3.63) is 77.5 Å². The quantitative estimate of drug-likeness (QED) is 0.382. The number of nitrogens with one attached hydrogen (secondary N) is 1. The molecule has 2 aromatic carbocycles. The van der Waals surface area contributed by atoms with Crippen molar-refractivity contribution in [3.63, 3.8) is 0 Å². The average Bonchev–Trinajstić information content (AvgIpc) is 2.63. The number of ether oxygens (including phenoxy) is 1. The lowest BCUT2D eigenvalue weighted by molar-refractivity contribution is -0.138. The Morgan fingerprint density at radius 2 is 1.83 bits per heavy atom. The summed E-state index contributed by atoms with van der Waals surface area (Å²) in [5.41, 5.74) is 1.55. The van der Waals surface area contributed by atoms with Gasteiger partial charge in [0, 0.05) is 23.0 Å². The molecule has 0 aliphatic heterocycles. The number of nitrogens with zero attached hydrogens (tertiary/aromatic N) is 1. The van der Waals surface area contributed by atoms with Crippen LogP contribution in [0.4, 0.5) is 5.69 Å². The van der Waals surface area contributed by atoms with Gasteiger partial charge in [-0.3, -0.25) is 4.79 Å². The van der Waals surface area contributed by atoms with Crippen LogP contribution < -0.4 is 5.32 Å². The molecule has 0 aliphatic carbocycles. The number of esters is 1. The van der Waals surface area contributed by atoms with Gasteiger partial charge in [-0.05, 0) is 19.1 Å². The molecule has 0 unspecified atom stereocenters. The van der Waals surface area contributed by atoms with Gasteiger partial charge < -0.3 is 10.1 Å². The number of rotatable bonds is 6. The second kappa shape index (κ2) is 8.30. The largest absolute Gasteiger partial charge is 0.462 e. The predicted molar refractivity (Wildman–Crippen MR) is 90.3 cm³/mol. The number of carbonyl (C=O) groups is 2. The van der Waals surface area contributed by atoms with Gasteiger partial charge >= 0.3 is 5.97 Å². The molecule has 0 aliphatic rings. The Kier molecular flexibility index (Phi) is 5.87. The smallest absolute Gasteiger partial charge is 0.350 e. The molecule has 0 saturated carbocycles. The van der Waals surface area contributed by atoms with Crippen LogP contribution in [0.25, 0.3) is 0 Å². The highest BCUT2D eigenvalue weighted by Gasteiger charge is 2.11. The highest BCUT2D eigenvalue weighted by atomic mass is 16.5. The van der Waals surface area contributed by atoms with Crippen molar-refractivity contribution < 1.29 is 14.3 Å². The van der Waals surface area contributed by atoms with E-state index >= 15 is 0 Å². The Labute approximate surface area is 140 Å². The molecule has 0 radical (unpaired) electrons. The van der Waals surface area contributed by atoms with Crippen molar-refractivity contribution in [1.29, 1.82) is 5.26 Å². The van der Waals surface area contributed by atoms with Crippen LogP contribution in [0, 0.1) is 11.3 Å². The average molecular weight is 320 g/mol. The normalized spacial score (nSPS) is 10.6. The Hall–Kier alpha value is -3.39. The molecule has 2 rings (SSSR count). The summed E-state index contributed by atoms with van der Waals surface area (Å²) in [7, 11) is 0. The van der Waals surface area contributed by atoms with E-state index in [-0.39, 0.29) is 18.0 Å². The number of benzene rings is 2. The molecule has 24 heavy (non-hydrogen) atoms. The van der Waals surface area contributed by atoms with Crippen molar-refractivity contribution in [3.8, 4) is 6.07 Å². The van der Waals surface area contributed by atoms with Crippen molar-refractivity contribution in [2.24, 2.45) is 0 Å². The second-order valence-corrected chi connectivity index (χ2v) is 4.81. The fraction of sp³-hybridized carbons (Fsp3) is 0.105. The summed E-state index contributed by atoms with van der Waals surface area (Å²) in [6.07, 6.45) is 1.27. The van der Waals surface area contributed by atoms with Crippen LogP contribution in [-0.4, -0.2) is 18.4 Å². The molecule has 120 valence electrons. The third kappa shape index (κ3) is 4.31. The number of hydrogen-bond donors (Lipinski definition) is 1. The van der Waals surface area contributed by atoms with Gasteiger partial charge in [-0.2, -0.15) is 5.26 Å². The fourth-order valence-corrected chi connectivity index (χ4v) is 2.01. The van der Waals surface area contributed by atoms with Gasteiger partial charge in [0.25, 0.3) is 0 Å². The molecule has 0 spiro atoms. The van der Waals surface area contributed by atoms with Gasteiger partial charge in [-0.25, -0.2) is 4.79 Å². The summed E-state index contributed by atoms with van der Waals surface area (Å²) in [5, 5.41) is 11.8. The van der Waals surface area contributed by atoms with Crippen LogP contribution in [0.1, 0.15) is 22.8 Å². The zero-order valence-electron chi connectivity index (χ0n) is 13.2. The maximum Gasteiger partial charge on any atom is 0.350 e. The summed E-state index contributed by atoms with van der Waals surface area (Å²) in [4.78, 5) is 24.0. The number of hydrogen-bond acceptors (Lipinski definition) is 5. The van der Waals surface area contributed by atoms with Crippen molar-refractivity contribution >= 4 is 17.4 Å². The van der Waals surface area contributed by atoms with Crippen LogP contribution >= 0.6 is 0 Å². The number of anilines is 1. The minimum atomic E-state index is -0.691. The van der Waals surface area contributed by atoms with E-state index in [2.05, 4.69) is 5.32 Å². The summed E-state index contributed by atoms with van der Waals surface area (Å²) < 4.78 is 4.78. The first-order chi connectivity index (χ1) is 11.7. The molecule has 0 fully saturated rings. The molecule has 0 atom stereocenters. The summed E-state index contributed by atoms with van der Waals surface area (Å²) in [6.45, 7) is 1.86. The second-order valence-electron chi connectivity index (χ2n) is 4.81. The number of ketones is 1. The van der Waals surface area contributed by atoms with E-state index < -0.39 is 5.97 Å². The van der Waals surface area contributed by atoms with E-state index in [9.17, 15) is 9.59 Å². The van der Waals surface area contributed by atoms with Crippen LogP contribution in [0.2, 0.25) is 0 Å². The van der Waals surface area contributed by atoms with E-state index in [0.29, 0.717) is 16.8 Å². The molecule has 5 heteroatoms. The molecule has 0 bridgehead atoms. The third-order valence-corrected chi connectivity index (χ3v) is 3.16. The number of carbonyl (C=O) groups excluding carboxylic acids is 2. The van der Waals surface area contributed by atoms with Crippen LogP contribution in [0.5, 0.6) is 0 Å². The summed E-state index contributed by atoms with van der Waals surface area (Å²) in [6, 6.07) is 17.5. The van der Waals surface area contributed by atoms with Gasteiger partial charge in [-0.1, -0.05) is 42.5 Å². The summed E-state index contributed by atoms with van der Waals surface area (Å²) >= 11 is 0. The molecule has 5 nitrogen and oxygen atoms in total. The van der Waals surface area contributed by atoms with E-state index in [1.54, 1.807) is 61.5 Å². The van der Waals surface area contributed by atoms with Crippen LogP contribution in [0.15, 0.2) is 66.4 Å². The van der Waals surface area contributed by atoms with Gasteiger partial charge in [0.1, 0.15) is 6.07 Å². The van der Waals surface area contributed by atoms with Gasteiger partial charge in [0.15, 0.2) is 11.4 Å². The highest BCUT2D eigenvalue weighted by molar-refractivity contribution is 6.09. The fourth-order valence-electron chi connectivity index (χ4n) is 2.01. The van der Waals surface area contributed by atoms with Crippen LogP contribution in [0.3, 0.4) is 0 Å². The van der Waals surface area contributed by atoms with Gasteiger partial charge in [0.05, 0.1) is 6.61 Å². The minimum absolute atomic E-state index is 0.103. The molecular formula is C19H16N2O3. The molecule has 1 N–H and O–H groups in total. The number of nitriles is 1. The lowest BCUT2D eigenvalue weighted by Crippen LogP contribution is -2.08. The van der Waals surface area contributed by atoms with Gasteiger partial charge in [-0.15, -0.1) is 0 Å². The lowest BCUT2D eigenvalue weighted by atomic mass is 10.0. The third-order valence-electron chi connectivity index (χ3n) is 3.16. The zero-order valence-corrected chi connectivity index (χ0v) is 13.2. The lowest BCUT2D eigenvalue weighted by Gasteiger charge is -2.06. The Morgan fingerprint density at radius 3 is 2.50 bits per heavy atom. The monoisotopic (exact) mass is 320 g/mol. The first-order valence-electron chi connectivity index (χ1n) is 7.39. The Balaban J connectivity index is 2.18. The first kappa shape index (κ1) is 17.0. The summed E-state index contributed by atoms with van der Waals surface area (Å²) in [5.74, 6) is -0.793. The SMILES string of the molecule is CCOC(=O)/C(C#N)=C/Nc1cccc(C(=O)c2ccccc2)c1. The minimum Gasteiger partial charge on any atom is -0.462 e. The van der Waals surface area contributed by atoms with Crippen molar-refractivity contribution in [2.75, 3.05) is 11.9 Å². The maximum atomic E-state index is 12.4. The van der Waals surface area contributed by atoms with E-state index in [1.165, 1.54) is 6.20 Å². The molecule has 2 aromatic rings. The standard InChI is InChI=1S/C19H16N2O3/c1-2-24-19(23)16(12-20)13-21-17-10-6-9-15(11-17)18(22)14-7-4-3-5-8-14/h3-11,13,21H,2H2,1H3/b16-13+. The molecule has 0 heterocycles. The van der Waals surface area contributed by atoms with E-state index in [0.717, 1.165) is 0 Å². The van der Waals surface area contributed by atoms with Gasteiger partial charge in [0.2, 0.25) is 0 Å². The van der Waals surface area contributed by atoms with Crippen LogP contribution in [-0.2, 0) is 9.53 Å². The molecule has 0 saturated heterocycles. The van der Waals surface area contributed by atoms with Crippen molar-refractivity contribution in [1.82, 2.24) is 0 Å². The molecular weight excluding hydrogens is 304 g/mol. The molecule has 0 aromatic heterocycles. The first-order valence-corrected chi connectivity index (χ1v) is 7.39. The zero-order chi connectivity index (χ0) is 17.4. The molecule has 0 amide bonds. The Bertz CT molecular complexity index is 805. The predicted octanol–water partition coefficient (Wildman–Crippen LogP) is 3.30. The van der Waals surface area contributed by atoms with E-state index in [1.807, 2.05) is 6.07 Å². The van der Waals surface area contributed by atoms with E-state index in [4.69, 9.17) is 10.00 Å². The highest BCUT2D eigenvalue weighted by Crippen LogP contribution is 2.15.